The number of nitrogens with zero attached hydrogens (tertiary/aromatic N) is 3. The van der Waals surface area contributed by atoms with E-state index in [1.807, 2.05) is 3.93 Å². The van der Waals surface area contributed by atoms with E-state index in [4.69, 9.17) is 9.88 Å². The average molecular weight is 419 g/mol. The van der Waals surface area contributed by atoms with Crippen LogP contribution in [-0.4, -0.2) is 56.7 Å². The van der Waals surface area contributed by atoms with Crippen molar-refractivity contribution < 1.29 is 13.2 Å². The normalized spacial score (nSPS) is 21.8. The fraction of sp³-hybridized carbons (Fsp3) is 0.667. The van der Waals surface area contributed by atoms with Gasteiger partial charge in [-0.25, -0.2) is 13.6 Å². The summed E-state index contributed by atoms with van der Waals surface area (Å²) in [5.41, 5.74) is 0.714. The first-order valence-corrected chi connectivity index (χ1v) is 10.5. The first kappa shape index (κ1) is 18.1. The van der Waals surface area contributed by atoms with Crippen LogP contribution in [0.15, 0.2) is 23.4 Å². The molecule has 9 heteroatoms. The van der Waals surface area contributed by atoms with Gasteiger partial charge in [0.15, 0.2) is 0 Å². The lowest BCUT2D eigenvalue weighted by molar-refractivity contribution is 0.0258. The number of ether oxygens (including phenoxy) is 1. The summed E-state index contributed by atoms with van der Waals surface area (Å²) in [6, 6.07) is 2.50. The second-order valence-electron chi connectivity index (χ2n) is 6.35. The molecule has 1 aromatic rings. The maximum atomic E-state index is 11.5. The van der Waals surface area contributed by atoms with Crippen molar-refractivity contribution in [2.75, 3.05) is 30.2 Å². The van der Waals surface area contributed by atoms with Crippen LogP contribution in [0.3, 0.4) is 0 Å². The van der Waals surface area contributed by atoms with Crippen LogP contribution in [0.4, 0.5) is 5.69 Å². The highest BCUT2D eigenvalue weighted by atomic mass is 79.9. The molecule has 0 unspecified atom stereocenters. The van der Waals surface area contributed by atoms with Gasteiger partial charge in [0.05, 0.1) is 11.9 Å². The molecule has 0 amide bonds. The minimum atomic E-state index is -3.74. The Morgan fingerprint density at radius 1 is 1.21 bits per heavy atom. The third-order valence-electron chi connectivity index (χ3n) is 4.80. The molecule has 134 valence electrons. The summed E-state index contributed by atoms with van der Waals surface area (Å²) in [7, 11) is -3.74. The van der Waals surface area contributed by atoms with Gasteiger partial charge in [-0.15, -0.1) is 0 Å². The van der Waals surface area contributed by atoms with E-state index in [9.17, 15) is 8.42 Å². The fourth-order valence-corrected chi connectivity index (χ4v) is 4.51. The van der Waals surface area contributed by atoms with E-state index < -0.39 is 10.0 Å². The van der Waals surface area contributed by atoms with Crippen molar-refractivity contribution in [1.82, 2.24) is 9.88 Å². The Hall–Kier alpha value is -0.740. The lowest BCUT2D eigenvalue weighted by Gasteiger charge is -2.41. The molecule has 24 heavy (non-hydrogen) atoms. The van der Waals surface area contributed by atoms with Crippen molar-refractivity contribution in [2.24, 2.45) is 5.14 Å². The molecule has 2 fully saturated rings. The summed E-state index contributed by atoms with van der Waals surface area (Å²) in [5.74, 6) is 0. The Bertz CT molecular complexity index is 658. The number of likely N-dealkylation sites (tertiary alicyclic amines) is 1. The number of aromatic nitrogens is 1. The molecule has 0 aromatic carbocycles. The first-order valence-electron chi connectivity index (χ1n) is 8.20. The lowest BCUT2D eigenvalue weighted by atomic mass is 9.99. The maximum Gasteiger partial charge on any atom is 0.239 e. The van der Waals surface area contributed by atoms with Crippen molar-refractivity contribution >= 4 is 31.9 Å². The van der Waals surface area contributed by atoms with Crippen molar-refractivity contribution in [3.63, 3.8) is 0 Å². The highest BCUT2D eigenvalue weighted by molar-refractivity contribution is 9.10. The van der Waals surface area contributed by atoms with E-state index in [1.165, 1.54) is 6.20 Å². The Morgan fingerprint density at radius 2 is 1.88 bits per heavy atom. The minimum Gasteiger partial charge on any atom is -0.381 e. The molecule has 2 N–H and O–H groups in total. The highest BCUT2D eigenvalue weighted by Crippen LogP contribution is 2.29. The number of pyridine rings is 1. The predicted octanol–water partition coefficient (Wildman–Crippen LogP) is 1.49. The van der Waals surface area contributed by atoms with Gasteiger partial charge in [0, 0.05) is 60.7 Å². The number of hydrogen-bond acceptors (Lipinski definition) is 6. The smallest absolute Gasteiger partial charge is 0.239 e. The van der Waals surface area contributed by atoms with Crippen molar-refractivity contribution in [3.05, 3.63) is 18.5 Å². The van der Waals surface area contributed by atoms with Crippen molar-refractivity contribution in [1.29, 1.82) is 0 Å². The second-order valence-corrected chi connectivity index (χ2v) is 8.67. The first-order chi connectivity index (χ1) is 11.4. The van der Waals surface area contributed by atoms with Gasteiger partial charge in [-0.1, -0.05) is 0 Å². The molecule has 2 saturated heterocycles. The third-order valence-corrected chi connectivity index (χ3v) is 6.67. The van der Waals surface area contributed by atoms with Crippen molar-refractivity contribution in [2.45, 2.75) is 42.7 Å². The van der Waals surface area contributed by atoms with Gasteiger partial charge in [0.2, 0.25) is 10.0 Å². The molecule has 3 heterocycles. The number of primary sulfonamides is 1. The maximum absolute atomic E-state index is 11.5. The number of nitrogens with two attached hydrogens (primary N) is 1. The zero-order valence-corrected chi connectivity index (χ0v) is 15.9. The summed E-state index contributed by atoms with van der Waals surface area (Å²) in [5, 5.41) is 5.19. The molecule has 0 radical (unpaired) electrons. The van der Waals surface area contributed by atoms with Gasteiger partial charge in [0.1, 0.15) is 4.90 Å². The van der Waals surface area contributed by atoms with Gasteiger partial charge in [-0.05, 0) is 31.7 Å². The van der Waals surface area contributed by atoms with Crippen molar-refractivity contribution in [3.8, 4) is 0 Å². The van der Waals surface area contributed by atoms with E-state index >= 15 is 0 Å². The number of hydrogen-bond donors (Lipinski definition) is 1. The Labute approximate surface area is 151 Å². The van der Waals surface area contributed by atoms with Gasteiger partial charge < -0.3 is 13.6 Å². The molecule has 7 nitrogen and oxygen atoms in total. The van der Waals surface area contributed by atoms with E-state index in [2.05, 4.69) is 26.0 Å². The molecule has 2 aliphatic heterocycles. The van der Waals surface area contributed by atoms with E-state index in [-0.39, 0.29) is 4.90 Å². The number of sulfonamides is 1. The second kappa shape index (κ2) is 7.65. The minimum absolute atomic E-state index is 0.0316. The Kier molecular flexibility index (Phi) is 5.76. The van der Waals surface area contributed by atoms with Crippen LogP contribution in [0.5, 0.6) is 0 Å². The molecule has 2 aliphatic rings. The third kappa shape index (κ3) is 4.26. The van der Waals surface area contributed by atoms with Crippen LogP contribution in [0.25, 0.3) is 0 Å². The zero-order valence-electron chi connectivity index (χ0n) is 13.5. The van der Waals surface area contributed by atoms with Crippen LogP contribution in [0, 0.1) is 0 Å². The largest absolute Gasteiger partial charge is 0.381 e. The van der Waals surface area contributed by atoms with E-state index in [1.54, 1.807) is 12.3 Å². The van der Waals surface area contributed by atoms with E-state index in [0.717, 1.165) is 52.0 Å². The topological polar surface area (TPSA) is 88.8 Å². The molecule has 0 spiro atoms. The number of rotatable bonds is 4. The molecule has 1 aromatic heterocycles. The fourth-order valence-electron chi connectivity index (χ4n) is 3.42. The average Bonchev–Trinajstić information content (AvgIpc) is 2.61. The van der Waals surface area contributed by atoms with Gasteiger partial charge >= 0.3 is 0 Å². The molecule has 0 aliphatic carbocycles. The summed E-state index contributed by atoms with van der Waals surface area (Å²) in [6.45, 7) is 3.81. The van der Waals surface area contributed by atoms with Crippen LogP contribution in [0.2, 0.25) is 0 Å². The molecule has 0 atom stereocenters. The standard InChI is InChI=1S/C15H23BrN4O3S/c16-20(14-9-15(11-18-10-14)24(17,21)22)13-1-5-19(6-2-13)12-3-7-23-8-4-12/h9-13H,1-8H2,(H2,17,21,22). The monoisotopic (exact) mass is 418 g/mol. The molecule has 3 rings (SSSR count). The summed E-state index contributed by atoms with van der Waals surface area (Å²) in [6.07, 6.45) is 7.18. The highest BCUT2D eigenvalue weighted by Gasteiger charge is 2.29. The Morgan fingerprint density at radius 3 is 2.50 bits per heavy atom. The summed E-state index contributed by atoms with van der Waals surface area (Å²) in [4.78, 5) is 6.59. The number of piperidine rings is 1. The summed E-state index contributed by atoms with van der Waals surface area (Å²) < 4.78 is 30.4. The predicted molar refractivity (Wildman–Crippen MR) is 95.5 cm³/mol. The molecule has 0 bridgehead atoms. The summed E-state index contributed by atoms with van der Waals surface area (Å²) >= 11 is 3.58. The quantitative estimate of drug-likeness (QED) is 0.744. The van der Waals surface area contributed by atoms with Crippen LogP contribution in [0.1, 0.15) is 25.7 Å². The lowest BCUT2D eigenvalue weighted by Crippen LogP contribution is -2.47. The van der Waals surface area contributed by atoms with Gasteiger partial charge in [0.25, 0.3) is 0 Å². The van der Waals surface area contributed by atoms with Gasteiger partial charge in [-0.3, -0.25) is 4.98 Å². The Balaban J connectivity index is 1.62. The number of halogens is 1. The zero-order chi connectivity index (χ0) is 17.2. The van der Waals surface area contributed by atoms with Crippen LogP contribution < -0.4 is 9.06 Å². The SMILES string of the molecule is NS(=O)(=O)c1cncc(N(Br)C2CCN(C3CCOCC3)CC2)c1. The van der Waals surface area contributed by atoms with Crippen LogP contribution in [-0.2, 0) is 14.8 Å². The van der Waals surface area contributed by atoms with E-state index in [0.29, 0.717) is 17.8 Å². The molecule has 0 saturated carbocycles. The number of anilines is 1. The van der Waals surface area contributed by atoms with Gasteiger partial charge in [-0.2, -0.15) is 0 Å². The molecular weight excluding hydrogens is 396 g/mol. The molecular formula is C15H23BrN4O3S. The van der Waals surface area contributed by atoms with Crippen LogP contribution >= 0.6 is 16.1 Å².